The molecule has 1 aliphatic rings. The third kappa shape index (κ3) is 6.14. The number of hydrogen-bond acceptors (Lipinski definition) is 6. The predicted octanol–water partition coefficient (Wildman–Crippen LogP) is 3.76. The van der Waals surface area contributed by atoms with Crippen molar-refractivity contribution in [3.63, 3.8) is 0 Å². The number of urea groups is 2. The lowest BCUT2D eigenvalue weighted by Crippen LogP contribution is -2.54. The maximum Gasteiger partial charge on any atom is 0.319 e. The lowest BCUT2D eigenvalue weighted by atomic mass is 9.90. The van der Waals surface area contributed by atoms with Crippen molar-refractivity contribution in [2.75, 3.05) is 10.6 Å². The molecule has 3 rings (SSSR count). The van der Waals surface area contributed by atoms with Crippen LogP contribution in [0.3, 0.4) is 0 Å². The molecule has 0 unspecified atom stereocenters. The number of non-ortho nitro benzene ring substituents is 2. The fourth-order valence-electron chi connectivity index (χ4n) is 3.48. The van der Waals surface area contributed by atoms with Crippen molar-refractivity contribution in [3.05, 3.63) is 68.8 Å². The van der Waals surface area contributed by atoms with Gasteiger partial charge in [-0.1, -0.05) is 12.8 Å². The minimum atomic E-state index is -0.524. The number of nitrogens with zero attached hydrogens (tertiary/aromatic N) is 2. The average molecular weight is 442 g/mol. The number of carbonyl (C=O) groups is 2. The lowest BCUT2D eigenvalue weighted by Gasteiger charge is -2.32. The molecule has 12 nitrogen and oxygen atoms in total. The second kappa shape index (κ2) is 10.2. The summed E-state index contributed by atoms with van der Waals surface area (Å²) in [6, 6.07) is 9.37. The molecule has 0 heterocycles. The summed E-state index contributed by atoms with van der Waals surface area (Å²) in [4.78, 5) is 45.1. The highest BCUT2D eigenvalue weighted by molar-refractivity contribution is 5.91. The van der Waals surface area contributed by atoms with E-state index in [4.69, 9.17) is 0 Å². The highest BCUT2D eigenvalue weighted by Crippen LogP contribution is 2.20. The molecule has 32 heavy (non-hydrogen) atoms. The number of rotatable bonds is 6. The molecule has 0 aliphatic heterocycles. The Bertz CT molecular complexity index is 913. The van der Waals surface area contributed by atoms with Gasteiger partial charge in [-0.3, -0.25) is 20.2 Å². The van der Waals surface area contributed by atoms with Gasteiger partial charge in [-0.15, -0.1) is 0 Å². The number of carbonyl (C=O) groups excluding carboxylic acids is 2. The van der Waals surface area contributed by atoms with Crippen LogP contribution in [-0.2, 0) is 0 Å². The first kappa shape index (κ1) is 22.5. The summed E-state index contributed by atoms with van der Waals surface area (Å²) < 4.78 is 0. The molecule has 4 N–H and O–H groups in total. The Morgan fingerprint density at radius 2 is 1.03 bits per heavy atom. The Kier molecular flexibility index (Phi) is 7.16. The van der Waals surface area contributed by atoms with Crippen LogP contribution in [0.15, 0.2) is 48.5 Å². The van der Waals surface area contributed by atoms with Crippen LogP contribution in [0, 0.1) is 20.2 Å². The third-order valence-corrected chi connectivity index (χ3v) is 5.07. The van der Waals surface area contributed by atoms with Crippen LogP contribution in [-0.4, -0.2) is 34.0 Å². The molecule has 0 aromatic heterocycles. The standard InChI is InChI=1S/C20H22N6O6/c27-19(21-13-5-9-15(10-6-13)25(29)30)23-17-3-1-2-4-18(17)24-20(28)22-14-7-11-16(12-8-14)26(31)32/h5-12,17-18H,1-4H2,(H2,21,23,27)(H2,22,24,28)/t17-,18+. The number of anilines is 2. The van der Waals surface area contributed by atoms with E-state index in [1.54, 1.807) is 0 Å². The first-order valence-electron chi connectivity index (χ1n) is 9.96. The fraction of sp³-hybridized carbons (Fsp3) is 0.300. The van der Waals surface area contributed by atoms with Crippen molar-refractivity contribution in [1.82, 2.24) is 10.6 Å². The Morgan fingerprint density at radius 1 is 0.688 bits per heavy atom. The Balaban J connectivity index is 1.54. The quantitative estimate of drug-likeness (QED) is 0.392. The molecule has 2 aromatic rings. The summed E-state index contributed by atoms with van der Waals surface area (Å²) in [7, 11) is 0. The van der Waals surface area contributed by atoms with E-state index >= 15 is 0 Å². The van der Waals surface area contributed by atoms with Crippen molar-refractivity contribution in [2.24, 2.45) is 0 Å². The largest absolute Gasteiger partial charge is 0.333 e. The van der Waals surface area contributed by atoms with Crippen LogP contribution in [0.4, 0.5) is 32.3 Å². The normalized spacial score (nSPS) is 17.6. The van der Waals surface area contributed by atoms with E-state index < -0.39 is 21.9 Å². The monoisotopic (exact) mass is 442 g/mol. The van der Waals surface area contributed by atoms with Gasteiger partial charge in [-0.05, 0) is 37.1 Å². The second-order valence-corrected chi connectivity index (χ2v) is 7.30. The first-order valence-corrected chi connectivity index (χ1v) is 9.96. The molecule has 0 spiro atoms. The maximum absolute atomic E-state index is 12.4. The zero-order chi connectivity index (χ0) is 23.1. The van der Waals surface area contributed by atoms with E-state index in [2.05, 4.69) is 21.3 Å². The van der Waals surface area contributed by atoms with Gasteiger partial charge in [0.2, 0.25) is 0 Å². The third-order valence-electron chi connectivity index (χ3n) is 5.07. The highest BCUT2D eigenvalue weighted by atomic mass is 16.6. The molecule has 168 valence electrons. The molecule has 1 aliphatic carbocycles. The summed E-state index contributed by atoms with van der Waals surface area (Å²) in [5.41, 5.74) is 0.659. The van der Waals surface area contributed by atoms with Crippen LogP contribution < -0.4 is 21.3 Å². The summed E-state index contributed by atoms with van der Waals surface area (Å²) in [5.74, 6) is 0. The minimum absolute atomic E-state index is 0.0773. The van der Waals surface area contributed by atoms with Crippen molar-refractivity contribution in [3.8, 4) is 0 Å². The van der Waals surface area contributed by atoms with Crippen molar-refractivity contribution < 1.29 is 19.4 Å². The fourth-order valence-corrected chi connectivity index (χ4v) is 3.48. The topological polar surface area (TPSA) is 169 Å². The molecule has 4 amide bonds. The molecule has 0 saturated heterocycles. The Hall–Kier alpha value is -4.22. The van der Waals surface area contributed by atoms with E-state index in [1.165, 1.54) is 48.5 Å². The van der Waals surface area contributed by atoms with Gasteiger partial charge in [0.25, 0.3) is 11.4 Å². The lowest BCUT2D eigenvalue weighted by molar-refractivity contribution is -0.385. The van der Waals surface area contributed by atoms with Crippen LogP contribution >= 0.6 is 0 Å². The smallest absolute Gasteiger partial charge is 0.319 e. The van der Waals surface area contributed by atoms with Gasteiger partial charge in [0, 0.05) is 35.6 Å². The Morgan fingerprint density at radius 3 is 1.34 bits per heavy atom. The van der Waals surface area contributed by atoms with Gasteiger partial charge in [-0.2, -0.15) is 0 Å². The summed E-state index contributed by atoms with van der Waals surface area (Å²) in [6.07, 6.45) is 3.14. The predicted molar refractivity (Wildman–Crippen MR) is 117 cm³/mol. The molecule has 2 atom stereocenters. The van der Waals surface area contributed by atoms with Crippen LogP contribution in [0.5, 0.6) is 0 Å². The number of nitrogens with one attached hydrogen (secondary N) is 4. The van der Waals surface area contributed by atoms with E-state index in [-0.39, 0.29) is 23.5 Å². The highest BCUT2D eigenvalue weighted by Gasteiger charge is 2.28. The maximum atomic E-state index is 12.4. The molecule has 0 radical (unpaired) electrons. The molecule has 1 fully saturated rings. The van der Waals surface area contributed by atoms with Crippen molar-refractivity contribution in [1.29, 1.82) is 0 Å². The summed E-state index contributed by atoms with van der Waals surface area (Å²) in [6.45, 7) is 0. The Labute approximate surface area is 182 Å². The summed E-state index contributed by atoms with van der Waals surface area (Å²) in [5, 5.41) is 32.4. The molecule has 2 aromatic carbocycles. The average Bonchev–Trinajstić information content (AvgIpc) is 2.76. The number of nitro groups is 2. The zero-order valence-corrected chi connectivity index (χ0v) is 16.9. The van der Waals surface area contributed by atoms with Gasteiger partial charge in [0.05, 0.1) is 21.9 Å². The van der Waals surface area contributed by atoms with E-state index in [0.717, 1.165) is 12.8 Å². The number of nitro benzene ring substituents is 2. The molecular weight excluding hydrogens is 420 g/mol. The molecule has 12 heteroatoms. The molecule has 1 saturated carbocycles. The minimum Gasteiger partial charge on any atom is -0.333 e. The number of amides is 4. The van der Waals surface area contributed by atoms with Gasteiger partial charge in [0.15, 0.2) is 0 Å². The first-order chi connectivity index (χ1) is 15.3. The SMILES string of the molecule is O=C(Nc1ccc([N+](=O)[O-])cc1)N[C@H]1CCCC[C@H]1NC(=O)Nc1ccc([N+](=O)[O-])cc1. The summed E-state index contributed by atoms with van der Waals surface area (Å²) >= 11 is 0. The second-order valence-electron chi connectivity index (χ2n) is 7.30. The molecule has 0 bridgehead atoms. The van der Waals surface area contributed by atoms with Crippen LogP contribution in [0.2, 0.25) is 0 Å². The van der Waals surface area contributed by atoms with Gasteiger partial charge in [-0.25, -0.2) is 9.59 Å². The van der Waals surface area contributed by atoms with Crippen molar-refractivity contribution in [2.45, 2.75) is 37.8 Å². The van der Waals surface area contributed by atoms with Crippen LogP contribution in [0.1, 0.15) is 25.7 Å². The van der Waals surface area contributed by atoms with E-state index in [9.17, 15) is 29.8 Å². The number of benzene rings is 2. The molecular formula is C20H22N6O6. The number of hydrogen-bond donors (Lipinski definition) is 4. The van der Waals surface area contributed by atoms with Crippen molar-refractivity contribution >= 4 is 34.8 Å². The van der Waals surface area contributed by atoms with Gasteiger partial charge >= 0.3 is 12.1 Å². The van der Waals surface area contributed by atoms with Gasteiger partial charge < -0.3 is 21.3 Å². The van der Waals surface area contributed by atoms with E-state index in [1.807, 2.05) is 0 Å². The van der Waals surface area contributed by atoms with E-state index in [0.29, 0.717) is 24.2 Å². The van der Waals surface area contributed by atoms with Gasteiger partial charge in [0.1, 0.15) is 0 Å². The van der Waals surface area contributed by atoms with Crippen LogP contribution in [0.25, 0.3) is 0 Å². The zero-order valence-electron chi connectivity index (χ0n) is 16.9.